The second kappa shape index (κ2) is 6.55. The summed E-state index contributed by atoms with van der Waals surface area (Å²) in [6, 6.07) is 8.73. The van der Waals surface area contributed by atoms with E-state index < -0.39 is 0 Å². The number of nitrogens with one attached hydrogen (secondary N) is 1. The molecule has 4 heterocycles. The van der Waals surface area contributed by atoms with Crippen molar-refractivity contribution in [2.45, 2.75) is 19.5 Å². The summed E-state index contributed by atoms with van der Waals surface area (Å²) >= 11 is 0. The third-order valence-corrected chi connectivity index (χ3v) is 5.06. The van der Waals surface area contributed by atoms with E-state index in [1.807, 2.05) is 24.5 Å². The van der Waals surface area contributed by atoms with Gasteiger partial charge in [-0.25, -0.2) is 14.4 Å². The van der Waals surface area contributed by atoms with Crippen LogP contribution in [-0.2, 0) is 19.5 Å². The van der Waals surface area contributed by atoms with E-state index in [0.717, 1.165) is 65.2 Å². The van der Waals surface area contributed by atoms with Crippen LogP contribution in [0.4, 0.5) is 4.39 Å². The Morgan fingerprint density at radius 3 is 3.04 bits per heavy atom. The van der Waals surface area contributed by atoms with Gasteiger partial charge in [0.1, 0.15) is 5.82 Å². The molecule has 0 saturated carbocycles. The third-order valence-electron chi connectivity index (χ3n) is 5.06. The number of fused-ring (bicyclic) bond motifs is 2. The predicted molar refractivity (Wildman–Crippen MR) is 101 cm³/mol. The summed E-state index contributed by atoms with van der Waals surface area (Å²) in [5.41, 5.74) is 5.27. The number of H-pyrrole nitrogens is 1. The van der Waals surface area contributed by atoms with Crippen LogP contribution in [0.25, 0.3) is 22.3 Å². The zero-order valence-electron chi connectivity index (χ0n) is 14.7. The molecule has 4 aromatic rings. The summed E-state index contributed by atoms with van der Waals surface area (Å²) in [4.78, 5) is 19.0. The summed E-state index contributed by atoms with van der Waals surface area (Å²) in [5, 5.41) is 0.948. The number of pyridine rings is 1. The van der Waals surface area contributed by atoms with Crippen LogP contribution in [0.3, 0.4) is 0 Å². The van der Waals surface area contributed by atoms with Crippen LogP contribution in [0.2, 0.25) is 0 Å². The molecule has 0 amide bonds. The Hall–Kier alpha value is -3.12. The summed E-state index contributed by atoms with van der Waals surface area (Å²) in [7, 11) is 0. The molecule has 5 rings (SSSR count). The molecule has 1 N–H and O–H groups in total. The largest absolute Gasteiger partial charge is 0.361 e. The number of benzene rings is 1. The van der Waals surface area contributed by atoms with Gasteiger partial charge in [0, 0.05) is 72.9 Å². The molecule has 27 heavy (non-hydrogen) atoms. The van der Waals surface area contributed by atoms with Gasteiger partial charge in [-0.15, -0.1) is 0 Å². The first-order valence-corrected chi connectivity index (χ1v) is 8.99. The second-order valence-corrected chi connectivity index (χ2v) is 6.87. The van der Waals surface area contributed by atoms with Crippen LogP contribution in [0.5, 0.6) is 0 Å². The highest BCUT2D eigenvalue weighted by molar-refractivity contribution is 5.83. The van der Waals surface area contributed by atoms with Crippen molar-refractivity contribution >= 4 is 10.9 Å². The van der Waals surface area contributed by atoms with Gasteiger partial charge in [0.15, 0.2) is 5.82 Å². The smallest absolute Gasteiger partial charge is 0.160 e. The van der Waals surface area contributed by atoms with Crippen LogP contribution >= 0.6 is 0 Å². The van der Waals surface area contributed by atoms with Crippen molar-refractivity contribution in [1.82, 2.24) is 24.8 Å². The first kappa shape index (κ1) is 16.1. The van der Waals surface area contributed by atoms with Crippen molar-refractivity contribution in [2.75, 3.05) is 6.54 Å². The highest BCUT2D eigenvalue weighted by Crippen LogP contribution is 2.25. The zero-order valence-corrected chi connectivity index (χ0v) is 14.7. The molecule has 134 valence electrons. The molecule has 5 nitrogen and oxygen atoms in total. The Labute approximate surface area is 155 Å². The van der Waals surface area contributed by atoms with E-state index in [-0.39, 0.29) is 5.82 Å². The summed E-state index contributed by atoms with van der Waals surface area (Å²) in [6.45, 7) is 2.48. The third kappa shape index (κ3) is 3.08. The van der Waals surface area contributed by atoms with Crippen LogP contribution in [0.1, 0.15) is 16.8 Å². The van der Waals surface area contributed by atoms with E-state index in [1.54, 1.807) is 24.5 Å². The number of rotatable bonds is 3. The van der Waals surface area contributed by atoms with E-state index in [1.165, 1.54) is 6.07 Å². The normalized spacial score (nSPS) is 14.4. The molecule has 6 heteroatoms. The number of aromatic nitrogens is 4. The molecule has 0 atom stereocenters. The Bertz CT molecular complexity index is 1110. The first-order valence-electron chi connectivity index (χ1n) is 8.99. The summed E-state index contributed by atoms with van der Waals surface area (Å²) in [6.07, 6.45) is 8.30. The lowest BCUT2D eigenvalue weighted by Gasteiger charge is -2.27. The fraction of sp³-hybridized carbons (Fsp3) is 0.190. The van der Waals surface area contributed by atoms with Gasteiger partial charge in [0.05, 0.1) is 5.69 Å². The van der Waals surface area contributed by atoms with Gasteiger partial charge < -0.3 is 4.98 Å². The van der Waals surface area contributed by atoms with Gasteiger partial charge in [0.2, 0.25) is 0 Å². The van der Waals surface area contributed by atoms with Crippen LogP contribution < -0.4 is 0 Å². The lowest BCUT2D eigenvalue weighted by Crippen LogP contribution is -2.30. The van der Waals surface area contributed by atoms with E-state index in [0.29, 0.717) is 0 Å². The molecule has 0 fully saturated rings. The van der Waals surface area contributed by atoms with Gasteiger partial charge in [-0.3, -0.25) is 9.88 Å². The SMILES string of the molecule is Fc1ccc2[nH]cc(CN3CCc4nc(-c5cccnc5)ncc4C3)c2c1. The molecule has 0 saturated heterocycles. The molecule has 0 radical (unpaired) electrons. The zero-order chi connectivity index (χ0) is 18.2. The van der Waals surface area contributed by atoms with E-state index >= 15 is 0 Å². The van der Waals surface area contributed by atoms with Crippen LogP contribution in [0, 0.1) is 5.82 Å². The number of hydrogen-bond donors (Lipinski definition) is 1. The Kier molecular flexibility index (Phi) is 3.90. The van der Waals surface area contributed by atoms with Crippen molar-refractivity contribution in [3.8, 4) is 11.4 Å². The molecule has 0 bridgehead atoms. The Morgan fingerprint density at radius 1 is 1.19 bits per heavy atom. The first-order chi connectivity index (χ1) is 13.3. The van der Waals surface area contributed by atoms with Crippen molar-refractivity contribution in [3.05, 3.63) is 77.8 Å². The maximum absolute atomic E-state index is 13.6. The molecule has 0 aliphatic carbocycles. The minimum atomic E-state index is -0.205. The summed E-state index contributed by atoms with van der Waals surface area (Å²) < 4.78 is 13.6. The van der Waals surface area contributed by atoms with Crippen molar-refractivity contribution in [2.24, 2.45) is 0 Å². The van der Waals surface area contributed by atoms with Crippen molar-refractivity contribution in [3.63, 3.8) is 0 Å². The van der Waals surface area contributed by atoms with Gasteiger partial charge >= 0.3 is 0 Å². The second-order valence-electron chi connectivity index (χ2n) is 6.87. The van der Waals surface area contributed by atoms with E-state index in [9.17, 15) is 4.39 Å². The van der Waals surface area contributed by atoms with Crippen LogP contribution in [0.15, 0.2) is 55.1 Å². The van der Waals surface area contributed by atoms with Gasteiger partial charge in [0.25, 0.3) is 0 Å². The fourth-order valence-electron chi connectivity index (χ4n) is 3.67. The number of hydrogen-bond acceptors (Lipinski definition) is 4. The lowest BCUT2D eigenvalue weighted by molar-refractivity contribution is 0.244. The van der Waals surface area contributed by atoms with Gasteiger partial charge in [-0.1, -0.05) is 0 Å². The predicted octanol–water partition coefficient (Wildman–Crippen LogP) is 3.72. The molecule has 1 aliphatic rings. The van der Waals surface area contributed by atoms with Gasteiger partial charge in [-0.2, -0.15) is 0 Å². The maximum atomic E-state index is 13.6. The number of nitrogens with zero attached hydrogens (tertiary/aromatic N) is 4. The van der Waals surface area contributed by atoms with Crippen molar-refractivity contribution < 1.29 is 4.39 Å². The van der Waals surface area contributed by atoms with E-state index in [2.05, 4.69) is 19.9 Å². The molecular weight excluding hydrogens is 341 g/mol. The molecular formula is C21H18FN5. The maximum Gasteiger partial charge on any atom is 0.160 e. The standard InChI is InChI=1S/C21H18FN5/c22-17-3-4-20-18(8-17)15(10-24-20)12-27-7-5-19-16(13-27)11-25-21(26-19)14-2-1-6-23-9-14/h1-4,6,8-11,24H,5,7,12-13H2. The molecule has 0 unspecified atom stereocenters. The Balaban J connectivity index is 1.37. The lowest BCUT2D eigenvalue weighted by atomic mass is 10.1. The van der Waals surface area contributed by atoms with E-state index in [4.69, 9.17) is 4.98 Å². The highest BCUT2D eigenvalue weighted by Gasteiger charge is 2.20. The van der Waals surface area contributed by atoms with Crippen molar-refractivity contribution in [1.29, 1.82) is 0 Å². The number of aromatic amines is 1. The molecule has 1 aromatic carbocycles. The minimum absolute atomic E-state index is 0.205. The average molecular weight is 359 g/mol. The topological polar surface area (TPSA) is 57.7 Å². The van der Waals surface area contributed by atoms with Gasteiger partial charge in [-0.05, 0) is 35.9 Å². The summed E-state index contributed by atoms with van der Waals surface area (Å²) in [5.74, 6) is 0.520. The van der Waals surface area contributed by atoms with Crippen LogP contribution in [-0.4, -0.2) is 31.4 Å². The molecule has 1 aliphatic heterocycles. The average Bonchev–Trinajstić information content (AvgIpc) is 3.10. The molecule has 3 aromatic heterocycles. The quantitative estimate of drug-likeness (QED) is 0.606. The highest BCUT2D eigenvalue weighted by atomic mass is 19.1. The number of halogens is 1. The minimum Gasteiger partial charge on any atom is -0.361 e. The monoisotopic (exact) mass is 359 g/mol. The fourth-order valence-corrected chi connectivity index (χ4v) is 3.67. The Morgan fingerprint density at radius 2 is 2.15 bits per heavy atom. The molecule has 0 spiro atoms.